The van der Waals surface area contributed by atoms with Crippen molar-refractivity contribution in [1.82, 2.24) is 10.2 Å². The van der Waals surface area contributed by atoms with E-state index in [9.17, 15) is 9.59 Å². The molecule has 0 unspecified atom stereocenters. The van der Waals surface area contributed by atoms with E-state index in [1.54, 1.807) is 23.1 Å². The first kappa shape index (κ1) is 27.3. The third-order valence-corrected chi connectivity index (χ3v) is 6.29. The number of nitrogens with zero attached hydrogens (tertiary/aromatic N) is 1. The quantitative estimate of drug-likeness (QED) is 0.393. The van der Waals surface area contributed by atoms with Gasteiger partial charge in [-0.25, -0.2) is 0 Å². The van der Waals surface area contributed by atoms with Crippen molar-refractivity contribution >= 4 is 23.4 Å². The topological polar surface area (TPSA) is 58.6 Å². The minimum Gasteiger partial charge on any atom is -0.484 e. The molecule has 0 aliphatic rings. The number of carbonyl (C=O) groups is 2. The minimum absolute atomic E-state index is 0.193. The van der Waals surface area contributed by atoms with Crippen LogP contribution in [0.15, 0.2) is 72.8 Å². The number of hydrogen-bond acceptors (Lipinski definition) is 3. The molecule has 2 amide bonds. The minimum atomic E-state index is -0.714. The molecule has 0 aromatic heterocycles. The van der Waals surface area contributed by atoms with Crippen molar-refractivity contribution in [2.24, 2.45) is 0 Å². The molecule has 0 radical (unpaired) electrons. The first-order valence-electron chi connectivity index (χ1n) is 12.1. The summed E-state index contributed by atoms with van der Waals surface area (Å²) in [5.74, 6) is 0.0892. The van der Waals surface area contributed by atoms with Crippen molar-refractivity contribution in [2.75, 3.05) is 6.61 Å². The van der Waals surface area contributed by atoms with Crippen molar-refractivity contribution in [3.63, 3.8) is 0 Å². The molecule has 0 saturated heterocycles. The smallest absolute Gasteiger partial charge is 0.261 e. The Balaban J connectivity index is 1.94. The molecule has 0 aliphatic carbocycles. The molecule has 190 valence electrons. The fourth-order valence-electron chi connectivity index (χ4n) is 3.91. The Hall–Kier alpha value is -3.31. The van der Waals surface area contributed by atoms with Crippen molar-refractivity contribution in [3.8, 4) is 5.75 Å². The van der Waals surface area contributed by atoms with Crippen LogP contribution in [0.5, 0.6) is 5.75 Å². The molecule has 3 rings (SSSR count). The Labute approximate surface area is 219 Å². The molecule has 3 aromatic rings. The van der Waals surface area contributed by atoms with E-state index in [0.29, 0.717) is 23.7 Å². The summed E-state index contributed by atoms with van der Waals surface area (Å²) in [5, 5.41) is 3.71. The van der Waals surface area contributed by atoms with Gasteiger partial charge in [-0.1, -0.05) is 66.2 Å². The van der Waals surface area contributed by atoms with Crippen LogP contribution in [0, 0.1) is 13.8 Å². The molecule has 3 aromatic carbocycles. The van der Waals surface area contributed by atoms with Gasteiger partial charge in [-0.05, 0) is 75.1 Å². The first-order chi connectivity index (χ1) is 17.0. The Kier molecular flexibility index (Phi) is 9.16. The highest BCUT2D eigenvalue weighted by Crippen LogP contribution is 2.22. The van der Waals surface area contributed by atoms with E-state index in [-0.39, 0.29) is 18.4 Å². The largest absolute Gasteiger partial charge is 0.484 e. The number of ether oxygens (including phenoxy) is 1. The van der Waals surface area contributed by atoms with E-state index in [0.717, 1.165) is 22.3 Å². The van der Waals surface area contributed by atoms with E-state index >= 15 is 0 Å². The van der Waals surface area contributed by atoms with Gasteiger partial charge >= 0.3 is 0 Å². The van der Waals surface area contributed by atoms with Gasteiger partial charge in [0, 0.05) is 23.5 Å². The Morgan fingerprint density at radius 3 is 2.25 bits per heavy atom. The summed E-state index contributed by atoms with van der Waals surface area (Å²) in [7, 11) is 0. The van der Waals surface area contributed by atoms with E-state index in [4.69, 9.17) is 16.3 Å². The van der Waals surface area contributed by atoms with Crippen LogP contribution in [-0.4, -0.2) is 34.9 Å². The van der Waals surface area contributed by atoms with E-state index < -0.39 is 11.6 Å². The summed E-state index contributed by atoms with van der Waals surface area (Å²) >= 11 is 6.13. The molecular formula is C30H35ClN2O3. The maximum absolute atomic E-state index is 13.7. The predicted octanol–water partition coefficient (Wildman–Crippen LogP) is 5.89. The van der Waals surface area contributed by atoms with Gasteiger partial charge in [-0.3, -0.25) is 9.59 Å². The molecule has 6 heteroatoms. The predicted molar refractivity (Wildman–Crippen MR) is 145 cm³/mol. The standard InChI is InChI=1S/C30H35ClN2O3/c1-21-11-9-10-14-24(21)19-33(28(34)20-36-25-15-16-26(31)22(2)17-25)27(29(35)32-30(3,4)5)18-23-12-7-6-8-13-23/h6-17,27H,18-20H2,1-5H3,(H,32,35)/t27-/m1/s1. The van der Waals surface area contributed by atoms with Crippen LogP contribution >= 0.6 is 11.6 Å². The Bertz CT molecular complexity index is 1190. The maximum atomic E-state index is 13.7. The van der Waals surface area contributed by atoms with Gasteiger partial charge in [0.2, 0.25) is 5.91 Å². The van der Waals surface area contributed by atoms with E-state index in [1.807, 2.05) is 89.2 Å². The summed E-state index contributed by atoms with van der Waals surface area (Å²) in [5.41, 5.74) is 3.43. The number of nitrogens with one attached hydrogen (secondary N) is 1. The fraction of sp³-hybridized carbons (Fsp3) is 0.333. The molecule has 0 aliphatic heterocycles. The van der Waals surface area contributed by atoms with Crippen LogP contribution in [0.3, 0.4) is 0 Å². The number of rotatable bonds is 9. The second kappa shape index (κ2) is 12.1. The van der Waals surface area contributed by atoms with Crippen molar-refractivity contribution in [3.05, 3.63) is 100 Å². The lowest BCUT2D eigenvalue weighted by molar-refractivity contribution is -0.143. The molecule has 36 heavy (non-hydrogen) atoms. The highest BCUT2D eigenvalue weighted by molar-refractivity contribution is 6.31. The zero-order valence-electron chi connectivity index (χ0n) is 21.7. The average Bonchev–Trinajstić information content (AvgIpc) is 2.82. The number of amides is 2. The van der Waals surface area contributed by atoms with Gasteiger partial charge in [0.25, 0.3) is 5.91 Å². The lowest BCUT2D eigenvalue weighted by Crippen LogP contribution is -2.55. The zero-order valence-corrected chi connectivity index (χ0v) is 22.4. The maximum Gasteiger partial charge on any atom is 0.261 e. The van der Waals surface area contributed by atoms with Crippen LogP contribution < -0.4 is 10.1 Å². The summed E-state index contributed by atoms with van der Waals surface area (Å²) in [6, 6.07) is 22.2. The SMILES string of the molecule is Cc1cc(OCC(=O)N(Cc2ccccc2C)[C@H](Cc2ccccc2)C(=O)NC(C)(C)C)ccc1Cl. The zero-order chi connectivity index (χ0) is 26.3. The van der Waals surface area contributed by atoms with Gasteiger partial charge in [0.1, 0.15) is 11.8 Å². The van der Waals surface area contributed by atoms with Crippen LogP contribution in [0.25, 0.3) is 0 Å². The second-order valence-corrected chi connectivity index (χ2v) is 10.5. The highest BCUT2D eigenvalue weighted by Gasteiger charge is 2.32. The summed E-state index contributed by atoms with van der Waals surface area (Å²) in [6.45, 7) is 9.79. The van der Waals surface area contributed by atoms with Crippen molar-refractivity contribution in [1.29, 1.82) is 0 Å². The lowest BCUT2D eigenvalue weighted by Gasteiger charge is -2.34. The third-order valence-electron chi connectivity index (χ3n) is 5.86. The van der Waals surface area contributed by atoms with E-state index in [2.05, 4.69) is 5.32 Å². The number of hydrogen-bond donors (Lipinski definition) is 1. The van der Waals surface area contributed by atoms with Gasteiger partial charge in [-0.2, -0.15) is 0 Å². The van der Waals surface area contributed by atoms with E-state index in [1.165, 1.54) is 0 Å². The molecule has 0 spiro atoms. The summed E-state index contributed by atoms with van der Waals surface area (Å²) in [4.78, 5) is 28.9. The normalized spacial score (nSPS) is 12.1. The molecular weight excluding hydrogens is 472 g/mol. The monoisotopic (exact) mass is 506 g/mol. The van der Waals surface area contributed by atoms with Gasteiger partial charge in [0.05, 0.1) is 0 Å². The highest BCUT2D eigenvalue weighted by atomic mass is 35.5. The second-order valence-electron chi connectivity index (χ2n) is 10.1. The Morgan fingerprint density at radius 2 is 1.61 bits per heavy atom. The van der Waals surface area contributed by atoms with Gasteiger partial charge in [-0.15, -0.1) is 0 Å². The average molecular weight is 507 g/mol. The molecule has 0 heterocycles. The number of benzene rings is 3. The molecule has 5 nitrogen and oxygen atoms in total. The van der Waals surface area contributed by atoms with Crippen molar-refractivity contribution < 1.29 is 14.3 Å². The molecule has 0 fully saturated rings. The van der Waals surface area contributed by atoms with Crippen LogP contribution in [-0.2, 0) is 22.6 Å². The Morgan fingerprint density at radius 1 is 0.944 bits per heavy atom. The number of halogens is 1. The number of aryl methyl sites for hydroxylation is 2. The van der Waals surface area contributed by atoms with Gasteiger partial charge < -0.3 is 15.0 Å². The molecule has 0 bridgehead atoms. The first-order valence-corrected chi connectivity index (χ1v) is 12.5. The van der Waals surface area contributed by atoms with Gasteiger partial charge in [0.15, 0.2) is 6.61 Å². The third kappa shape index (κ3) is 7.85. The molecule has 1 atom stereocenters. The fourth-order valence-corrected chi connectivity index (χ4v) is 4.03. The number of carbonyl (C=O) groups excluding carboxylic acids is 2. The van der Waals surface area contributed by atoms with Crippen molar-refractivity contribution in [2.45, 2.75) is 59.2 Å². The lowest BCUT2D eigenvalue weighted by atomic mass is 10.00. The van der Waals surface area contributed by atoms with Crippen LogP contribution in [0.4, 0.5) is 0 Å². The van der Waals surface area contributed by atoms with Crippen LogP contribution in [0.2, 0.25) is 5.02 Å². The molecule has 1 N–H and O–H groups in total. The van der Waals surface area contributed by atoms with Crippen LogP contribution in [0.1, 0.15) is 43.0 Å². The summed E-state index contributed by atoms with van der Waals surface area (Å²) in [6.07, 6.45) is 0.389. The molecule has 0 saturated carbocycles. The summed E-state index contributed by atoms with van der Waals surface area (Å²) < 4.78 is 5.85.